The van der Waals surface area contributed by atoms with Crippen molar-refractivity contribution >= 4 is 11.6 Å². The summed E-state index contributed by atoms with van der Waals surface area (Å²) in [5.74, 6) is -0.0966. The number of rotatable bonds is 4. The molecule has 1 aromatic rings. The van der Waals surface area contributed by atoms with Crippen molar-refractivity contribution in [1.29, 1.82) is 0 Å². The van der Waals surface area contributed by atoms with Crippen molar-refractivity contribution in [2.24, 2.45) is 0 Å². The van der Waals surface area contributed by atoms with Gasteiger partial charge in [0.05, 0.1) is 43.3 Å². The molecule has 0 bridgehead atoms. The molecular weight excluding hydrogens is 246 g/mol. The molecule has 0 radical (unpaired) electrons. The number of carbonyl (C=O) groups is 1. The zero-order chi connectivity index (χ0) is 13.7. The second kappa shape index (κ2) is 6.49. The Morgan fingerprint density at radius 3 is 3.26 bits per heavy atom. The quantitative estimate of drug-likeness (QED) is 0.821. The standard InChI is InChI=1S/C13H19N3O3/c1-2-15-12-7-14-4-3-11(12)13(18)16-5-6-19-9-10(16)8-17/h3-4,7,10,15,17H,2,5-6,8-9H2,1H3. The molecule has 1 fully saturated rings. The molecule has 1 saturated heterocycles. The third-order valence-corrected chi connectivity index (χ3v) is 3.12. The first-order valence-corrected chi connectivity index (χ1v) is 6.45. The zero-order valence-corrected chi connectivity index (χ0v) is 11.0. The van der Waals surface area contributed by atoms with Gasteiger partial charge in [0.2, 0.25) is 0 Å². The van der Waals surface area contributed by atoms with Gasteiger partial charge in [-0.25, -0.2) is 0 Å². The van der Waals surface area contributed by atoms with E-state index < -0.39 is 0 Å². The molecule has 0 aliphatic carbocycles. The molecule has 1 aliphatic heterocycles. The molecule has 1 atom stereocenters. The van der Waals surface area contributed by atoms with Crippen molar-refractivity contribution in [1.82, 2.24) is 9.88 Å². The number of aliphatic hydroxyl groups excluding tert-OH is 1. The Balaban J connectivity index is 2.22. The first-order chi connectivity index (χ1) is 9.27. The SMILES string of the molecule is CCNc1cnccc1C(=O)N1CCOCC1CO. The zero-order valence-electron chi connectivity index (χ0n) is 11.0. The van der Waals surface area contributed by atoms with E-state index in [0.717, 1.165) is 12.2 Å². The molecule has 6 heteroatoms. The maximum absolute atomic E-state index is 12.6. The average Bonchev–Trinajstić information content (AvgIpc) is 2.47. The van der Waals surface area contributed by atoms with E-state index >= 15 is 0 Å². The summed E-state index contributed by atoms with van der Waals surface area (Å²) < 4.78 is 5.29. The number of nitrogens with one attached hydrogen (secondary N) is 1. The van der Waals surface area contributed by atoms with Crippen molar-refractivity contribution in [3.8, 4) is 0 Å². The van der Waals surface area contributed by atoms with E-state index in [0.29, 0.717) is 25.3 Å². The number of aromatic nitrogens is 1. The number of hydrogen-bond acceptors (Lipinski definition) is 5. The van der Waals surface area contributed by atoms with E-state index in [1.807, 2.05) is 6.92 Å². The Kier molecular flexibility index (Phi) is 4.70. The molecule has 0 saturated carbocycles. The fourth-order valence-corrected chi connectivity index (χ4v) is 2.14. The third-order valence-electron chi connectivity index (χ3n) is 3.12. The molecule has 2 rings (SSSR count). The Labute approximate surface area is 112 Å². The highest BCUT2D eigenvalue weighted by Gasteiger charge is 2.28. The largest absolute Gasteiger partial charge is 0.394 e. The summed E-state index contributed by atoms with van der Waals surface area (Å²) in [6, 6.07) is 1.42. The van der Waals surface area contributed by atoms with E-state index in [1.165, 1.54) is 0 Å². The van der Waals surface area contributed by atoms with Gasteiger partial charge in [0, 0.05) is 19.3 Å². The van der Waals surface area contributed by atoms with Gasteiger partial charge in [-0.15, -0.1) is 0 Å². The van der Waals surface area contributed by atoms with Crippen LogP contribution >= 0.6 is 0 Å². The first kappa shape index (κ1) is 13.8. The van der Waals surface area contributed by atoms with Gasteiger partial charge >= 0.3 is 0 Å². The van der Waals surface area contributed by atoms with Gasteiger partial charge in [-0.3, -0.25) is 9.78 Å². The predicted molar refractivity (Wildman–Crippen MR) is 71.1 cm³/mol. The van der Waals surface area contributed by atoms with Crippen molar-refractivity contribution in [3.63, 3.8) is 0 Å². The summed E-state index contributed by atoms with van der Waals surface area (Å²) in [6.07, 6.45) is 3.24. The lowest BCUT2D eigenvalue weighted by atomic mass is 10.1. The first-order valence-electron chi connectivity index (χ1n) is 6.45. The van der Waals surface area contributed by atoms with Gasteiger partial charge in [-0.1, -0.05) is 0 Å². The molecule has 2 heterocycles. The number of ether oxygens (including phenoxy) is 1. The molecule has 1 aromatic heterocycles. The van der Waals surface area contributed by atoms with Crippen LogP contribution < -0.4 is 5.32 Å². The monoisotopic (exact) mass is 265 g/mol. The predicted octanol–water partition coefficient (Wildman–Crippen LogP) is 0.347. The Bertz CT molecular complexity index is 439. The number of aliphatic hydroxyl groups is 1. The summed E-state index contributed by atoms with van der Waals surface area (Å²) in [7, 11) is 0. The van der Waals surface area contributed by atoms with Crippen LogP contribution in [0.3, 0.4) is 0 Å². The number of morpholine rings is 1. The Morgan fingerprint density at radius 2 is 2.53 bits per heavy atom. The molecule has 1 amide bonds. The van der Waals surface area contributed by atoms with Crippen molar-refractivity contribution in [3.05, 3.63) is 24.0 Å². The van der Waals surface area contributed by atoms with Gasteiger partial charge in [0.25, 0.3) is 5.91 Å². The highest BCUT2D eigenvalue weighted by molar-refractivity contribution is 5.99. The minimum absolute atomic E-state index is 0.0899. The summed E-state index contributed by atoms with van der Waals surface area (Å²) in [6.45, 7) is 3.98. The van der Waals surface area contributed by atoms with Crippen LogP contribution in [0.15, 0.2) is 18.5 Å². The second-order valence-electron chi connectivity index (χ2n) is 4.36. The summed E-state index contributed by atoms with van der Waals surface area (Å²) in [5.41, 5.74) is 1.30. The topological polar surface area (TPSA) is 74.7 Å². The van der Waals surface area contributed by atoms with Crippen LogP contribution in [0.5, 0.6) is 0 Å². The highest BCUT2D eigenvalue weighted by Crippen LogP contribution is 2.18. The van der Waals surface area contributed by atoms with Crippen LogP contribution in [0.25, 0.3) is 0 Å². The molecule has 0 spiro atoms. The number of carbonyl (C=O) groups excluding carboxylic acids is 1. The Hall–Kier alpha value is -1.66. The maximum Gasteiger partial charge on any atom is 0.256 e. The summed E-state index contributed by atoms with van der Waals surface area (Å²) in [4.78, 5) is 18.2. The fraction of sp³-hybridized carbons (Fsp3) is 0.538. The van der Waals surface area contributed by atoms with Crippen LogP contribution in [0.2, 0.25) is 0 Å². The molecule has 1 aliphatic rings. The van der Waals surface area contributed by atoms with Crippen LogP contribution in [0.4, 0.5) is 5.69 Å². The maximum atomic E-state index is 12.6. The van der Waals surface area contributed by atoms with Crippen LogP contribution in [-0.2, 0) is 4.74 Å². The minimum Gasteiger partial charge on any atom is -0.394 e. The van der Waals surface area contributed by atoms with E-state index in [1.54, 1.807) is 23.4 Å². The average molecular weight is 265 g/mol. The number of anilines is 1. The van der Waals surface area contributed by atoms with Crippen LogP contribution in [0, 0.1) is 0 Å². The van der Waals surface area contributed by atoms with Gasteiger partial charge in [0.1, 0.15) is 0 Å². The van der Waals surface area contributed by atoms with Crippen molar-refractivity contribution < 1.29 is 14.6 Å². The summed E-state index contributed by atoms with van der Waals surface area (Å²) >= 11 is 0. The lowest BCUT2D eigenvalue weighted by molar-refractivity contribution is -0.0183. The van der Waals surface area contributed by atoms with Gasteiger partial charge < -0.3 is 20.1 Å². The molecule has 2 N–H and O–H groups in total. The number of nitrogens with zero attached hydrogens (tertiary/aromatic N) is 2. The van der Waals surface area contributed by atoms with E-state index in [2.05, 4.69) is 10.3 Å². The van der Waals surface area contributed by atoms with Crippen molar-refractivity contribution in [2.45, 2.75) is 13.0 Å². The highest BCUT2D eigenvalue weighted by atomic mass is 16.5. The normalized spacial score (nSPS) is 19.3. The van der Waals surface area contributed by atoms with Gasteiger partial charge in [-0.05, 0) is 13.0 Å². The molecule has 19 heavy (non-hydrogen) atoms. The lowest BCUT2D eigenvalue weighted by Gasteiger charge is -2.34. The van der Waals surface area contributed by atoms with Crippen LogP contribution in [0.1, 0.15) is 17.3 Å². The minimum atomic E-state index is -0.274. The molecule has 0 aromatic carbocycles. The van der Waals surface area contributed by atoms with E-state index in [-0.39, 0.29) is 18.6 Å². The number of hydrogen-bond donors (Lipinski definition) is 2. The van der Waals surface area contributed by atoms with E-state index in [4.69, 9.17) is 4.74 Å². The number of amides is 1. The molecule has 104 valence electrons. The fourth-order valence-electron chi connectivity index (χ4n) is 2.14. The van der Waals surface area contributed by atoms with E-state index in [9.17, 15) is 9.90 Å². The third kappa shape index (κ3) is 3.02. The van der Waals surface area contributed by atoms with Crippen molar-refractivity contribution in [2.75, 3.05) is 38.2 Å². The van der Waals surface area contributed by atoms with Gasteiger partial charge in [0.15, 0.2) is 0 Å². The lowest BCUT2D eigenvalue weighted by Crippen LogP contribution is -2.50. The molecular formula is C13H19N3O3. The summed E-state index contributed by atoms with van der Waals surface area (Å²) in [5, 5.41) is 12.5. The smallest absolute Gasteiger partial charge is 0.256 e. The Morgan fingerprint density at radius 1 is 1.68 bits per heavy atom. The number of pyridine rings is 1. The second-order valence-corrected chi connectivity index (χ2v) is 4.36. The van der Waals surface area contributed by atoms with Gasteiger partial charge in [-0.2, -0.15) is 0 Å². The molecule has 1 unspecified atom stereocenters. The van der Waals surface area contributed by atoms with Crippen LogP contribution in [-0.4, -0.2) is 59.8 Å². The molecule has 6 nitrogen and oxygen atoms in total.